The normalized spacial score (nSPS) is 14.2. The van der Waals surface area contributed by atoms with E-state index < -0.39 is 10.0 Å². The average molecular weight is 401 g/mol. The second kappa shape index (κ2) is 8.30. The van der Waals surface area contributed by atoms with Crippen LogP contribution in [0.3, 0.4) is 0 Å². The Morgan fingerprint density at radius 3 is 1.50 bits per heavy atom. The van der Waals surface area contributed by atoms with E-state index in [0.29, 0.717) is 0 Å². The zero-order valence-electron chi connectivity index (χ0n) is 16.2. The standard InChI is InChI=1S/C26H24S2/c1-21-13-17-25(18-14-21)28(2,24-11-7-4-8-12-24)26-19-15-23(16-20-26)27-22-9-5-3-6-10-22/h3-20H,1-2H3. The lowest BCUT2D eigenvalue weighted by Crippen LogP contribution is -2.01. The fourth-order valence-electron chi connectivity index (χ4n) is 3.32. The van der Waals surface area contributed by atoms with Crippen LogP contribution in [0.2, 0.25) is 0 Å². The van der Waals surface area contributed by atoms with Gasteiger partial charge < -0.3 is 0 Å². The first kappa shape index (κ1) is 18.9. The summed E-state index contributed by atoms with van der Waals surface area (Å²) in [6.07, 6.45) is 2.41. The Bertz CT molecular complexity index is 1020. The van der Waals surface area contributed by atoms with E-state index in [2.05, 4.69) is 122 Å². The Hall–Kier alpha value is -2.42. The fourth-order valence-corrected chi connectivity index (χ4v) is 7.03. The van der Waals surface area contributed by atoms with Gasteiger partial charge in [-0.2, -0.15) is 10.0 Å². The Labute approximate surface area is 174 Å². The minimum atomic E-state index is -1.29. The summed E-state index contributed by atoms with van der Waals surface area (Å²) in [5.41, 5.74) is 1.30. The van der Waals surface area contributed by atoms with Crippen LogP contribution in [0.25, 0.3) is 0 Å². The molecule has 4 aromatic carbocycles. The molecule has 0 aromatic heterocycles. The van der Waals surface area contributed by atoms with E-state index in [4.69, 9.17) is 0 Å². The van der Waals surface area contributed by atoms with Gasteiger partial charge >= 0.3 is 0 Å². The van der Waals surface area contributed by atoms with Crippen molar-refractivity contribution in [2.45, 2.75) is 31.4 Å². The van der Waals surface area contributed by atoms with Gasteiger partial charge in [-0.3, -0.25) is 0 Å². The summed E-state index contributed by atoms with van der Waals surface area (Å²) >= 11 is 1.81. The molecule has 28 heavy (non-hydrogen) atoms. The molecule has 140 valence electrons. The number of hydrogen-bond donors (Lipinski definition) is 0. The van der Waals surface area contributed by atoms with Crippen molar-refractivity contribution >= 4 is 21.8 Å². The highest BCUT2D eigenvalue weighted by atomic mass is 32.3. The van der Waals surface area contributed by atoms with Crippen molar-refractivity contribution in [1.29, 1.82) is 0 Å². The van der Waals surface area contributed by atoms with Gasteiger partial charge in [0.1, 0.15) is 0 Å². The SMILES string of the molecule is Cc1ccc(S(C)(c2ccccc2)c2ccc(Sc3ccccc3)cc2)cc1. The van der Waals surface area contributed by atoms with E-state index in [1.807, 2.05) is 11.8 Å². The van der Waals surface area contributed by atoms with Crippen LogP contribution in [0.5, 0.6) is 0 Å². The second-order valence-electron chi connectivity index (χ2n) is 6.93. The average Bonchev–Trinajstić information content (AvgIpc) is 2.75. The highest BCUT2D eigenvalue weighted by Crippen LogP contribution is 2.65. The zero-order chi connectivity index (χ0) is 19.4. The smallest absolute Gasteiger partial charge is 0.0123 e. The van der Waals surface area contributed by atoms with Crippen LogP contribution < -0.4 is 0 Å². The Balaban J connectivity index is 1.74. The predicted molar refractivity (Wildman–Crippen MR) is 123 cm³/mol. The Morgan fingerprint density at radius 2 is 0.929 bits per heavy atom. The minimum Gasteiger partial charge on any atom is -0.163 e. The number of aryl methyl sites for hydroxylation is 1. The van der Waals surface area contributed by atoms with Gasteiger partial charge in [0.15, 0.2) is 0 Å². The number of hydrogen-bond acceptors (Lipinski definition) is 1. The fraction of sp³-hybridized carbons (Fsp3) is 0.0769. The van der Waals surface area contributed by atoms with Crippen LogP contribution in [-0.2, 0) is 0 Å². The molecule has 0 amide bonds. The summed E-state index contributed by atoms with van der Waals surface area (Å²) < 4.78 is 0. The van der Waals surface area contributed by atoms with Crippen LogP contribution in [0.1, 0.15) is 5.56 Å². The van der Waals surface area contributed by atoms with E-state index in [-0.39, 0.29) is 0 Å². The molecule has 0 spiro atoms. The topological polar surface area (TPSA) is 0 Å². The third kappa shape index (κ3) is 3.89. The third-order valence-corrected chi connectivity index (χ3v) is 9.64. The molecule has 0 N–H and O–H groups in total. The summed E-state index contributed by atoms with van der Waals surface area (Å²) in [6, 6.07) is 39.7. The first-order chi connectivity index (χ1) is 13.7. The van der Waals surface area contributed by atoms with Crippen LogP contribution in [0.4, 0.5) is 0 Å². The molecule has 4 aromatic rings. The lowest BCUT2D eigenvalue weighted by molar-refractivity contribution is 1.26. The van der Waals surface area contributed by atoms with Crippen molar-refractivity contribution in [2.24, 2.45) is 0 Å². The number of benzene rings is 4. The van der Waals surface area contributed by atoms with Gasteiger partial charge in [-0.25, -0.2) is 0 Å². The van der Waals surface area contributed by atoms with Gasteiger partial charge in [0.2, 0.25) is 0 Å². The first-order valence-corrected chi connectivity index (χ1v) is 12.3. The molecule has 2 heteroatoms. The van der Waals surface area contributed by atoms with Gasteiger partial charge in [0.25, 0.3) is 0 Å². The molecular weight excluding hydrogens is 376 g/mol. The number of rotatable bonds is 5. The molecule has 0 nitrogen and oxygen atoms in total. The predicted octanol–water partition coefficient (Wildman–Crippen LogP) is 8.06. The molecule has 0 radical (unpaired) electrons. The lowest BCUT2D eigenvalue weighted by atomic mass is 10.2. The van der Waals surface area contributed by atoms with Crippen molar-refractivity contribution in [2.75, 3.05) is 6.26 Å². The van der Waals surface area contributed by atoms with Gasteiger partial charge in [-0.05, 0) is 88.5 Å². The molecule has 0 heterocycles. The molecule has 0 saturated carbocycles. The van der Waals surface area contributed by atoms with Crippen molar-refractivity contribution in [3.63, 3.8) is 0 Å². The van der Waals surface area contributed by atoms with E-state index in [9.17, 15) is 0 Å². The summed E-state index contributed by atoms with van der Waals surface area (Å²) in [7, 11) is -1.29. The van der Waals surface area contributed by atoms with Crippen molar-refractivity contribution < 1.29 is 0 Å². The Morgan fingerprint density at radius 1 is 0.500 bits per heavy atom. The van der Waals surface area contributed by atoms with Crippen molar-refractivity contribution in [3.8, 4) is 0 Å². The molecule has 0 aliphatic rings. The van der Waals surface area contributed by atoms with E-state index in [1.165, 1.54) is 30.0 Å². The molecule has 1 unspecified atom stereocenters. The molecule has 4 rings (SSSR count). The maximum atomic E-state index is 2.41. The molecular formula is C26H24S2. The molecule has 0 fully saturated rings. The van der Waals surface area contributed by atoms with Gasteiger partial charge in [-0.15, -0.1) is 0 Å². The lowest BCUT2D eigenvalue weighted by Gasteiger charge is -2.37. The van der Waals surface area contributed by atoms with Gasteiger partial charge in [-0.1, -0.05) is 65.9 Å². The van der Waals surface area contributed by atoms with Crippen LogP contribution in [0.15, 0.2) is 134 Å². The van der Waals surface area contributed by atoms with Crippen molar-refractivity contribution in [3.05, 3.63) is 115 Å². The molecule has 0 saturated heterocycles. The van der Waals surface area contributed by atoms with Crippen LogP contribution >= 0.6 is 21.8 Å². The van der Waals surface area contributed by atoms with E-state index >= 15 is 0 Å². The van der Waals surface area contributed by atoms with E-state index in [0.717, 1.165) is 0 Å². The monoisotopic (exact) mass is 400 g/mol. The van der Waals surface area contributed by atoms with E-state index in [1.54, 1.807) is 0 Å². The highest BCUT2D eigenvalue weighted by Gasteiger charge is 2.25. The second-order valence-corrected chi connectivity index (χ2v) is 11.3. The highest BCUT2D eigenvalue weighted by molar-refractivity contribution is 8.33. The van der Waals surface area contributed by atoms with Crippen LogP contribution in [0, 0.1) is 6.92 Å². The third-order valence-electron chi connectivity index (χ3n) is 4.98. The molecule has 0 aliphatic heterocycles. The summed E-state index contributed by atoms with van der Waals surface area (Å²) in [6.45, 7) is 2.15. The van der Waals surface area contributed by atoms with Gasteiger partial charge in [0, 0.05) is 9.79 Å². The first-order valence-electron chi connectivity index (χ1n) is 9.39. The molecule has 0 bridgehead atoms. The maximum absolute atomic E-state index is 2.41. The summed E-state index contributed by atoms with van der Waals surface area (Å²) in [4.78, 5) is 6.72. The largest absolute Gasteiger partial charge is 0.163 e. The quantitative estimate of drug-likeness (QED) is 0.326. The summed E-state index contributed by atoms with van der Waals surface area (Å²) in [5.74, 6) is 0. The minimum absolute atomic E-state index is 1.27. The zero-order valence-corrected chi connectivity index (χ0v) is 17.8. The molecule has 0 aliphatic carbocycles. The van der Waals surface area contributed by atoms with Crippen LogP contribution in [-0.4, -0.2) is 6.26 Å². The Kier molecular flexibility index (Phi) is 5.61. The van der Waals surface area contributed by atoms with Crippen molar-refractivity contribution in [1.82, 2.24) is 0 Å². The molecule has 1 atom stereocenters. The maximum Gasteiger partial charge on any atom is 0.0123 e. The van der Waals surface area contributed by atoms with Gasteiger partial charge in [0.05, 0.1) is 0 Å². The summed E-state index contributed by atoms with van der Waals surface area (Å²) in [5, 5.41) is 0.